The second-order valence-corrected chi connectivity index (χ2v) is 9.60. The number of nitrogens with zero attached hydrogens (tertiary/aromatic N) is 7. The van der Waals surface area contributed by atoms with Crippen molar-refractivity contribution >= 4 is 40.6 Å². The van der Waals surface area contributed by atoms with Crippen LogP contribution in [0, 0.1) is 0 Å². The summed E-state index contributed by atoms with van der Waals surface area (Å²) in [5.41, 5.74) is 1.14. The lowest BCUT2D eigenvalue weighted by Gasteiger charge is -2.32. The number of hydrogen-bond acceptors (Lipinski definition) is 8. The first-order valence-corrected chi connectivity index (χ1v) is 11.8. The van der Waals surface area contributed by atoms with E-state index in [1.54, 1.807) is 40.1 Å². The molecule has 1 aliphatic heterocycles. The summed E-state index contributed by atoms with van der Waals surface area (Å²) < 4.78 is 6.61. The molecule has 0 unspecified atom stereocenters. The minimum atomic E-state index is -0.680. The van der Waals surface area contributed by atoms with E-state index in [1.807, 2.05) is 0 Å². The van der Waals surface area contributed by atoms with Crippen molar-refractivity contribution in [1.29, 1.82) is 0 Å². The number of carbonyl (C=O) groups is 1. The lowest BCUT2D eigenvalue weighted by molar-refractivity contribution is 0.0514. The maximum atomic E-state index is 12.7. The monoisotopic (exact) mass is 489 g/mol. The molecule has 0 bridgehead atoms. The van der Waals surface area contributed by atoms with Crippen molar-refractivity contribution in [3.05, 3.63) is 24.7 Å². The maximum Gasteiger partial charge on any atom is 0.435 e. The van der Waals surface area contributed by atoms with Crippen LogP contribution in [-0.2, 0) is 4.74 Å². The van der Waals surface area contributed by atoms with Crippen molar-refractivity contribution < 1.29 is 9.53 Å². The van der Waals surface area contributed by atoms with Crippen LogP contribution in [0.5, 0.6) is 0 Å². The molecule has 0 aliphatic carbocycles. The van der Waals surface area contributed by atoms with E-state index in [2.05, 4.69) is 57.3 Å². The fourth-order valence-corrected chi connectivity index (χ4v) is 3.21. The fraction of sp³-hybridized carbons (Fsp3) is 0.542. The lowest BCUT2D eigenvalue weighted by Crippen LogP contribution is -2.45. The Balaban J connectivity index is 0.00000129. The molecule has 9 nitrogen and oxygen atoms in total. The Labute approximate surface area is 207 Å². The molecule has 186 valence electrons. The Bertz CT molecular complexity index is 998. The summed E-state index contributed by atoms with van der Waals surface area (Å²) in [6.45, 7) is 18.7. The van der Waals surface area contributed by atoms with Crippen LogP contribution in [0.15, 0.2) is 24.0 Å². The highest BCUT2D eigenvalue weighted by Gasteiger charge is 2.26. The van der Waals surface area contributed by atoms with Crippen LogP contribution < -0.4 is 4.90 Å². The first-order valence-electron chi connectivity index (χ1n) is 11.5. The number of rotatable bonds is 4. The third kappa shape index (κ3) is 7.36. The number of aromatic nitrogens is 4. The summed E-state index contributed by atoms with van der Waals surface area (Å²) in [5.74, 6) is 0.658. The van der Waals surface area contributed by atoms with E-state index < -0.39 is 11.7 Å². The number of halogens is 1. The molecular weight excluding hydrogens is 454 g/mol. The zero-order valence-electron chi connectivity index (χ0n) is 21.3. The summed E-state index contributed by atoms with van der Waals surface area (Å²) in [4.78, 5) is 30.5. The molecular formula is C24H36ClN7O2. The smallest absolute Gasteiger partial charge is 0.435 e. The minimum absolute atomic E-state index is 0.295. The van der Waals surface area contributed by atoms with E-state index in [1.165, 1.54) is 12.5 Å². The number of anilines is 1. The predicted molar refractivity (Wildman–Crippen MR) is 139 cm³/mol. The van der Waals surface area contributed by atoms with E-state index in [0.717, 1.165) is 30.9 Å². The van der Waals surface area contributed by atoms with Gasteiger partial charge in [-0.3, -0.25) is 0 Å². The van der Waals surface area contributed by atoms with Crippen LogP contribution in [0.4, 0.5) is 16.4 Å². The Kier molecular flexibility index (Phi) is 9.76. The Morgan fingerprint density at radius 1 is 1.21 bits per heavy atom. The summed E-state index contributed by atoms with van der Waals surface area (Å²) >= 11 is 6.06. The molecule has 0 saturated carbocycles. The van der Waals surface area contributed by atoms with Gasteiger partial charge in [0.05, 0.1) is 5.69 Å². The molecule has 10 heteroatoms. The molecule has 3 rings (SSSR count). The van der Waals surface area contributed by atoms with Crippen LogP contribution in [0.1, 0.15) is 53.7 Å². The Morgan fingerprint density at radius 3 is 2.24 bits per heavy atom. The average Bonchev–Trinajstić information content (AvgIpc) is 3.11. The van der Waals surface area contributed by atoms with Crippen molar-refractivity contribution in [2.45, 2.75) is 53.6 Å². The zero-order valence-corrected chi connectivity index (χ0v) is 22.1. The highest BCUT2D eigenvalue weighted by Crippen LogP contribution is 2.34. The topological polar surface area (TPSA) is 88.7 Å². The number of piperazine rings is 1. The molecule has 0 atom stereocenters. The molecule has 2 aromatic rings. The largest absolute Gasteiger partial charge is 0.442 e. The Morgan fingerprint density at radius 2 is 1.76 bits per heavy atom. The average molecular weight is 490 g/mol. The molecule has 0 amide bonds. The van der Waals surface area contributed by atoms with Gasteiger partial charge >= 0.3 is 6.09 Å². The number of hydrogen-bond donors (Lipinski definition) is 0. The maximum absolute atomic E-state index is 12.7. The van der Waals surface area contributed by atoms with Gasteiger partial charge in [-0.2, -0.15) is 9.78 Å². The van der Waals surface area contributed by atoms with E-state index in [-0.39, 0.29) is 0 Å². The standard InChI is InChI=1S/C21H28ClN7O2.C3H8/c1-7-16-18(25-14(2)22)17(26-29(16)20(30)31-21(3,4)5)15-12-23-19(24-13-15)28-10-8-27(6)9-11-28;1-3-2/h7,12-13H,1,8-11H2,2-6H3;3H2,1-2H3. The second-order valence-electron chi connectivity index (χ2n) is 9.06. The van der Waals surface area contributed by atoms with Crippen LogP contribution in [0.3, 0.4) is 0 Å². The molecule has 3 heterocycles. The van der Waals surface area contributed by atoms with Gasteiger partial charge in [0.2, 0.25) is 5.95 Å². The van der Waals surface area contributed by atoms with E-state index >= 15 is 0 Å². The van der Waals surface area contributed by atoms with Gasteiger partial charge in [0.25, 0.3) is 0 Å². The minimum Gasteiger partial charge on any atom is -0.442 e. The lowest BCUT2D eigenvalue weighted by atomic mass is 10.2. The predicted octanol–water partition coefficient (Wildman–Crippen LogP) is 5.22. The van der Waals surface area contributed by atoms with Crippen LogP contribution in [0.25, 0.3) is 17.3 Å². The van der Waals surface area contributed by atoms with Crippen LogP contribution in [0.2, 0.25) is 0 Å². The third-order valence-electron chi connectivity index (χ3n) is 4.62. The van der Waals surface area contributed by atoms with Gasteiger partial charge in [0, 0.05) is 44.1 Å². The van der Waals surface area contributed by atoms with Gasteiger partial charge in [-0.15, -0.1) is 0 Å². The molecule has 0 radical (unpaired) electrons. The summed E-state index contributed by atoms with van der Waals surface area (Å²) in [5, 5.41) is 4.74. The van der Waals surface area contributed by atoms with Gasteiger partial charge in [-0.25, -0.2) is 19.8 Å². The molecule has 1 fully saturated rings. The van der Waals surface area contributed by atoms with Crippen molar-refractivity contribution in [1.82, 2.24) is 24.6 Å². The number of aliphatic imine (C=N–C) groups is 1. The molecule has 0 spiro atoms. The summed E-state index contributed by atoms with van der Waals surface area (Å²) in [7, 11) is 2.10. The molecule has 34 heavy (non-hydrogen) atoms. The van der Waals surface area contributed by atoms with Gasteiger partial charge in [0.1, 0.15) is 22.2 Å². The van der Waals surface area contributed by atoms with Crippen molar-refractivity contribution in [3.8, 4) is 11.3 Å². The highest BCUT2D eigenvalue weighted by molar-refractivity contribution is 6.65. The van der Waals surface area contributed by atoms with Crippen LogP contribution in [-0.4, -0.2) is 74.7 Å². The highest BCUT2D eigenvalue weighted by atomic mass is 35.5. The number of carbonyl (C=O) groups excluding carboxylic acids is 1. The fourth-order valence-electron chi connectivity index (χ4n) is 3.12. The van der Waals surface area contributed by atoms with E-state index in [9.17, 15) is 4.79 Å². The van der Waals surface area contributed by atoms with E-state index in [4.69, 9.17) is 16.3 Å². The van der Waals surface area contributed by atoms with Crippen molar-refractivity contribution in [2.75, 3.05) is 38.1 Å². The van der Waals surface area contributed by atoms with Crippen LogP contribution >= 0.6 is 11.6 Å². The van der Waals surface area contributed by atoms with Gasteiger partial charge < -0.3 is 14.5 Å². The van der Waals surface area contributed by atoms with Gasteiger partial charge in [-0.1, -0.05) is 38.4 Å². The zero-order chi connectivity index (χ0) is 25.5. The molecule has 2 aromatic heterocycles. The first kappa shape index (κ1) is 27.5. The van der Waals surface area contributed by atoms with Crippen molar-refractivity contribution in [3.63, 3.8) is 0 Å². The molecule has 0 N–H and O–H groups in total. The SMILES string of the molecule is C=Cc1c(N=C(C)Cl)c(-c2cnc(N3CCN(C)CC3)nc2)nn1C(=O)OC(C)(C)C.CCC. The molecule has 1 aliphatic rings. The molecule has 1 saturated heterocycles. The van der Waals surface area contributed by atoms with Gasteiger partial charge in [0.15, 0.2) is 0 Å². The number of likely N-dealkylation sites (N-methyl/N-ethyl adjacent to an activating group) is 1. The summed E-state index contributed by atoms with van der Waals surface area (Å²) in [6.07, 6.45) is 5.47. The normalized spacial score (nSPS) is 14.9. The Hall–Kier alpha value is -2.78. The summed E-state index contributed by atoms with van der Waals surface area (Å²) in [6, 6.07) is 0. The first-order chi connectivity index (χ1) is 16.0. The second kappa shape index (κ2) is 12.1. The molecule has 0 aromatic carbocycles. The number of ether oxygens (including phenoxy) is 1. The van der Waals surface area contributed by atoms with E-state index in [0.29, 0.717) is 33.8 Å². The quantitative estimate of drug-likeness (QED) is 0.543. The van der Waals surface area contributed by atoms with Gasteiger partial charge in [-0.05, 0) is 40.8 Å². The van der Waals surface area contributed by atoms with Crippen molar-refractivity contribution in [2.24, 2.45) is 4.99 Å². The third-order valence-corrected chi connectivity index (χ3v) is 4.70.